The van der Waals surface area contributed by atoms with Gasteiger partial charge in [-0.2, -0.15) is 0 Å². The number of hydrogen-bond donors (Lipinski definition) is 1. The Morgan fingerprint density at radius 2 is 1.64 bits per heavy atom. The van der Waals surface area contributed by atoms with Crippen LogP contribution in [0.2, 0.25) is 0 Å². The fourth-order valence-electron chi connectivity index (χ4n) is 2.90. The summed E-state index contributed by atoms with van der Waals surface area (Å²) in [6.07, 6.45) is 0.889. The van der Waals surface area contributed by atoms with Gasteiger partial charge in [0.25, 0.3) is 0 Å². The topological polar surface area (TPSA) is 44.5 Å². The van der Waals surface area contributed by atoms with Crippen molar-refractivity contribution in [1.29, 1.82) is 0 Å². The van der Waals surface area contributed by atoms with E-state index in [9.17, 15) is 0 Å². The van der Waals surface area contributed by atoms with E-state index in [1.54, 1.807) is 7.11 Å². The van der Waals surface area contributed by atoms with Crippen LogP contribution in [0, 0.1) is 19.8 Å². The summed E-state index contributed by atoms with van der Waals surface area (Å²) >= 11 is 0. The van der Waals surface area contributed by atoms with Crippen LogP contribution in [0.5, 0.6) is 11.5 Å². The highest BCUT2D eigenvalue weighted by atomic mass is 16.5. The van der Waals surface area contributed by atoms with Gasteiger partial charge in [0.1, 0.15) is 11.5 Å². The van der Waals surface area contributed by atoms with Gasteiger partial charge in [0, 0.05) is 5.92 Å². The maximum atomic E-state index is 6.09. The van der Waals surface area contributed by atoms with Crippen LogP contribution in [-0.4, -0.2) is 20.3 Å². The van der Waals surface area contributed by atoms with Crippen LogP contribution in [0.4, 0.5) is 0 Å². The van der Waals surface area contributed by atoms with Crippen molar-refractivity contribution in [3.63, 3.8) is 0 Å². The second-order valence-electron chi connectivity index (χ2n) is 7.16. The van der Waals surface area contributed by atoms with Crippen molar-refractivity contribution in [2.24, 2.45) is 11.7 Å². The lowest BCUT2D eigenvalue weighted by Gasteiger charge is -2.20. The molecule has 25 heavy (non-hydrogen) atoms. The van der Waals surface area contributed by atoms with Crippen molar-refractivity contribution in [2.75, 3.05) is 20.3 Å². The van der Waals surface area contributed by atoms with E-state index >= 15 is 0 Å². The number of ether oxygens (including phenoxy) is 2. The highest BCUT2D eigenvalue weighted by molar-refractivity contribution is 5.44. The normalized spacial score (nSPS) is 12.3. The monoisotopic (exact) mass is 341 g/mol. The van der Waals surface area contributed by atoms with E-state index in [1.165, 1.54) is 22.3 Å². The van der Waals surface area contributed by atoms with Gasteiger partial charge in [0.05, 0.1) is 13.7 Å². The van der Waals surface area contributed by atoms with Crippen LogP contribution in [-0.2, 0) is 6.42 Å². The molecule has 0 aromatic heterocycles. The van der Waals surface area contributed by atoms with E-state index in [0.29, 0.717) is 12.5 Å². The molecular weight excluding hydrogens is 310 g/mol. The summed E-state index contributed by atoms with van der Waals surface area (Å²) in [5, 5.41) is 0. The molecule has 2 aromatic rings. The molecule has 0 amide bonds. The van der Waals surface area contributed by atoms with Crippen molar-refractivity contribution < 1.29 is 9.47 Å². The molecule has 0 saturated heterocycles. The Morgan fingerprint density at radius 1 is 1.00 bits per heavy atom. The van der Waals surface area contributed by atoms with Gasteiger partial charge < -0.3 is 15.2 Å². The third kappa shape index (κ3) is 5.23. The Labute approximate surface area is 152 Å². The summed E-state index contributed by atoms with van der Waals surface area (Å²) in [5.41, 5.74) is 11.0. The van der Waals surface area contributed by atoms with Gasteiger partial charge in [-0.25, -0.2) is 0 Å². The minimum Gasteiger partial charge on any atom is -0.496 e. The lowest BCUT2D eigenvalue weighted by atomic mass is 9.89. The summed E-state index contributed by atoms with van der Waals surface area (Å²) in [6, 6.07) is 12.7. The minimum atomic E-state index is 0.233. The number of methoxy groups -OCH3 is 1. The highest BCUT2D eigenvalue weighted by Gasteiger charge is 2.17. The fourth-order valence-corrected chi connectivity index (χ4v) is 2.90. The molecule has 0 saturated carbocycles. The Kier molecular flexibility index (Phi) is 6.89. The van der Waals surface area contributed by atoms with Crippen molar-refractivity contribution in [3.05, 3.63) is 58.7 Å². The van der Waals surface area contributed by atoms with Crippen molar-refractivity contribution in [1.82, 2.24) is 0 Å². The lowest BCUT2D eigenvalue weighted by Crippen LogP contribution is -2.16. The molecule has 2 N–H and O–H groups in total. The van der Waals surface area contributed by atoms with Crippen molar-refractivity contribution in [2.45, 2.75) is 40.0 Å². The zero-order valence-corrected chi connectivity index (χ0v) is 16.1. The van der Waals surface area contributed by atoms with Gasteiger partial charge in [0.2, 0.25) is 0 Å². The van der Waals surface area contributed by atoms with Crippen LogP contribution >= 0.6 is 0 Å². The van der Waals surface area contributed by atoms with E-state index in [1.807, 2.05) is 12.1 Å². The summed E-state index contributed by atoms with van der Waals surface area (Å²) < 4.78 is 11.4. The van der Waals surface area contributed by atoms with Crippen LogP contribution in [0.25, 0.3) is 0 Å². The van der Waals surface area contributed by atoms with Gasteiger partial charge in [-0.05, 0) is 73.2 Å². The molecule has 0 aliphatic carbocycles. The molecule has 1 atom stereocenters. The third-order valence-electron chi connectivity index (χ3n) is 4.56. The molecule has 1 unspecified atom stereocenters. The molecule has 0 fully saturated rings. The first-order chi connectivity index (χ1) is 11.9. The average molecular weight is 341 g/mol. The van der Waals surface area contributed by atoms with Gasteiger partial charge in [-0.1, -0.05) is 32.0 Å². The zero-order valence-electron chi connectivity index (χ0n) is 16.1. The standard InChI is InChI=1S/C22H31NO2/c1-15(2)14-25-20-8-6-18(7-9-20)12-19(13-23)21-10-16(3)17(4)11-22(21)24-5/h6-11,15,19H,12-14,23H2,1-5H3. The SMILES string of the molecule is COc1cc(C)c(C)cc1C(CN)Cc1ccc(OCC(C)C)cc1. The van der Waals surface area contributed by atoms with Crippen molar-refractivity contribution >= 4 is 0 Å². The van der Waals surface area contributed by atoms with Crippen molar-refractivity contribution in [3.8, 4) is 11.5 Å². The Hall–Kier alpha value is -2.00. The molecular formula is C22H31NO2. The molecule has 0 heterocycles. The average Bonchev–Trinajstić information content (AvgIpc) is 2.61. The lowest BCUT2D eigenvalue weighted by molar-refractivity contribution is 0.271. The van der Waals surface area contributed by atoms with Gasteiger partial charge in [-0.15, -0.1) is 0 Å². The van der Waals surface area contributed by atoms with E-state index in [2.05, 4.69) is 52.0 Å². The molecule has 3 heteroatoms. The molecule has 2 aromatic carbocycles. The molecule has 2 rings (SSSR count). The maximum Gasteiger partial charge on any atom is 0.122 e. The Bertz CT molecular complexity index is 677. The predicted octanol–water partition coefficient (Wildman–Crippen LogP) is 4.63. The second-order valence-corrected chi connectivity index (χ2v) is 7.16. The van der Waals surface area contributed by atoms with E-state index < -0.39 is 0 Å². The summed E-state index contributed by atoms with van der Waals surface area (Å²) in [6.45, 7) is 9.87. The first kappa shape index (κ1) is 19.3. The molecule has 0 spiro atoms. The Balaban J connectivity index is 2.16. The van der Waals surface area contributed by atoms with Gasteiger partial charge in [0.15, 0.2) is 0 Å². The summed E-state index contributed by atoms with van der Waals surface area (Å²) in [5.74, 6) is 2.61. The number of nitrogens with two attached hydrogens (primary N) is 1. The number of benzene rings is 2. The molecule has 0 bridgehead atoms. The van der Waals surface area contributed by atoms with E-state index in [4.69, 9.17) is 15.2 Å². The smallest absolute Gasteiger partial charge is 0.122 e. The van der Waals surface area contributed by atoms with E-state index in [-0.39, 0.29) is 5.92 Å². The summed E-state index contributed by atoms with van der Waals surface area (Å²) in [7, 11) is 1.72. The number of aryl methyl sites for hydroxylation is 2. The predicted molar refractivity (Wildman–Crippen MR) is 105 cm³/mol. The number of rotatable bonds is 8. The zero-order chi connectivity index (χ0) is 18.4. The van der Waals surface area contributed by atoms with Gasteiger partial charge >= 0.3 is 0 Å². The maximum absolute atomic E-state index is 6.09. The van der Waals surface area contributed by atoms with Gasteiger partial charge in [-0.3, -0.25) is 0 Å². The fraction of sp³-hybridized carbons (Fsp3) is 0.455. The minimum absolute atomic E-state index is 0.233. The molecule has 3 nitrogen and oxygen atoms in total. The summed E-state index contributed by atoms with van der Waals surface area (Å²) in [4.78, 5) is 0. The molecule has 0 aliphatic heterocycles. The largest absolute Gasteiger partial charge is 0.496 e. The third-order valence-corrected chi connectivity index (χ3v) is 4.56. The Morgan fingerprint density at radius 3 is 2.20 bits per heavy atom. The van der Waals surface area contributed by atoms with E-state index in [0.717, 1.165) is 24.5 Å². The molecule has 136 valence electrons. The van der Waals surface area contributed by atoms with Crippen LogP contribution in [0.15, 0.2) is 36.4 Å². The molecule has 0 radical (unpaired) electrons. The first-order valence-corrected chi connectivity index (χ1v) is 9.01. The van der Waals surface area contributed by atoms with Crippen LogP contribution in [0.3, 0.4) is 0 Å². The van der Waals surface area contributed by atoms with Crippen LogP contribution in [0.1, 0.15) is 42.0 Å². The molecule has 0 aliphatic rings. The first-order valence-electron chi connectivity index (χ1n) is 9.01. The number of hydrogen-bond acceptors (Lipinski definition) is 3. The second kappa shape index (κ2) is 8.91. The quantitative estimate of drug-likeness (QED) is 0.761. The van der Waals surface area contributed by atoms with Crippen LogP contribution < -0.4 is 15.2 Å². The highest BCUT2D eigenvalue weighted by Crippen LogP contribution is 2.31.